The Hall–Kier alpha value is -4.51. The molecule has 1 amide bonds. The van der Waals surface area contributed by atoms with Crippen molar-refractivity contribution in [1.29, 1.82) is 0 Å². The highest BCUT2D eigenvalue weighted by Gasteiger charge is 2.43. The van der Waals surface area contributed by atoms with Crippen LogP contribution in [-0.2, 0) is 6.42 Å². The molecule has 3 heterocycles. The minimum atomic E-state index is -3.70. The van der Waals surface area contributed by atoms with Gasteiger partial charge in [0.15, 0.2) is 11.5 Å². The highest BCUT2D eigenvalue weighted by molar-refractivity contribution is 5.94. The molecule has 4 N–H and O–H groups in total. The Labute approximate surface area is 217 Å². The van der Waals surface area contributed by atoms with E-state index in [1.54, 1.807) is 35.3 Å². The van der Waals surface area contributed by atoms with Crippen molar-refractivity contribution in [3.05, 3.63) is 89.4 Å². The number of hydrogen-bond donors (Lipinski definition) is 3. The van der Waals surface area contributed by atoms with Crippen molar-refractivity contribution >= 4 is 17.5 Å². The smallest absolute Gasteiger partial charge is 0.395 e. The van der Waals surface area contributed by atoms with Crippen LogP contribution in [-0.4, -0.2) is 33.3 Å². The molecule has 0 saturated carbocycles. The van der Waals surface area contributed by atoms with Gasteiger partial charge in [-0.3, -0.25) is 4.79 Å². The number of aromatic nitrogens is 3. The van der Waals surface area contributed by atoms with Crippen LogP contribution in [0, 0.1) is 6.92 Å². The number of carbonyl (C=O) groups is 1. The fraction of sp³-hybridized carbons (Fsp3) is 0.222. The number of benzene rings is 2. The van der Waals surface area contributed by atoms with E-state index in [4.69, 9.17) is 5.73 Å². The summed E-state index contributed by atoms with van der Waals surface area (Å²) in [4.78, 5) is 21.8. The molecule has 4 aromatic rings. The minimum absolute atomic E-state index is 0.0563. The Balaban J connectivity index is 1.32. The molecule has 0 saturated heterocycles. The SMILES string of the molecule is CCc1cccc(C(CN)NC(=O)c2ccn(-c3nc(Nc4ccc5c(c4)OC(F)(F)O5)ncc3C)c2)c1. The van der Waals surface area contributed by atoms with Crippen LogP contribution in [0.1, 0.15) is 40.0 Å². The van der Waals surface area contributed by atoms with Gasteiger partial charge < -0.3 is 30.4 Å². The second-order valence-electron chi connectivity index (χ2n) is 8.82. The van der Waals surface area contributed by atoms with Crippen LogP contribution in [0.5, 0.6) is 11.5 Å². The van der Waals surface area contributed by atoms with Gasteiger partial charge in [-0.2, -0.15) is 4.98 Å². The van der Waals surface area contributed by atoms with Gasteiger partial charge in [-0.1, -0.05) is 31.2 Å². The van der Waals surface area contributed by atoms with Gasteiger partial charge in [-0.25, -0.2) is 4.98 Å². The molecule has 0 fully saturated rings. The molecule has 2 aromatic carbocycles. The third kappa shape index (κ3) is 5.28. The molecule has 1 aliphatic heterocycles. The number of nitrogens with two attached hydrogens (primary N) is 1. The zero-order chi connectivity index (χ0) is 26.9. The Morgan fingerprint density at radius 2 is 1.97 bits per heavy atom. The summed E-state index contributed by atoms with van der Waals surface area (Å²) < 4.78 is 37.3. The molecular formula is C27H26F2N6O3. The highest BCUT2D eigenvalue weighted by atomic mass is 19.3. The number of nitrogens with zero attached hydrogens (tertiary/aromatic N) is 3. The van der Waals surface area contributed by atoms with E-state index in [-0.39, 0.29) is 35.9 Å². The van der Waals surface area contributed by atoms with Gasteiger partial charge in [0.25, 0.3) is 5.91 Å². The number of ether oxygens (including phenoxy) is 2. The summed E-state index contributed by atoms with van der Waals surface area (Å²) in [7, 11) is 0. The normalized spacial score (nSPS) is 14.2. The van der Waals surface area contributed by atoms with Crippen LogP contribution < -0.4 is 25.8 Å². The van der Waals surface area contributed by atoms with Gasteiger partial charge in [-0.05, 0) is 42.7 Å². The number of carbonyl (C=O) groups excluding carboxylic acids is 1. The van der Waals surface area contributed by atoms with Crippen LogP contribution in [0.3, 0.4) is 0 Å². The summed E-state index contributed by atoms with van der Waals surface area (Å²) in [6, 6.07) is 13.7. The number of hydrogen-bond acceptors (Lipinski definition) is 7. The second kappa shape index (κ2) is 10.1. The van der Waals surface area contributed by atoms with Crippen molar-refractivity contribution in [3.8, 4) is 17.3 Å². The number of fused-ring (bicyclic) bond motifs is 1. The Bertz CT molecular complexity index is 1490. The van der Waals surface area contributed by atoms with E-state index in [1.165, 1.54) is 17.7 Å². The predicted octanol–water partition coefficient (Wildman–Crippen LogP) is 4.63. The van der Waals surface area contributed by atoms with Crippen LogP contribution >= 0.6 is 0 Å². The van der Waals surface area contributed by atoms with Crippen LogP contribution in [0.2, 0.25) is 0 Å². The van der Waals surface area contributed by atoms with Gasteiger partial charge in [0.05, 0.1) is 11.6 Å². The Morgan fingerprint density at radius 1 is 1.16 bits per heavy atom. The van der Waals surface area contributed by atoms with E-state index in [9.17, 15) is 13.6 Å². The highest BCUT2D eigenvalue weighted by Crippen LogP contribution is 2.42. The number of nitrogens with one attached hydrogen (secondary N) is 2. The predicted molar refractivity (Wildman–Crippen MR) is 137 cm³/mol. The van der Waals surface area contributed by atoms with Gasteiger partial charge in [0, 0.05) is 42.5 Å². The molecule has 2 aromatic heterocycles. The molecule has 0 aliphatic carbocycles. The zero-order valence-corrected chi connectivity index (χ0v) is 20.7. The van der Waals surface area contributed by atoms with Crippen molar-refractivity contribution in [2.24, 2.45) is 5.73 Å². The lowest BCUT2D eigenvalue weighted by molar-refractivity contribution is -0.286. The first-order chi connectivity index (χ1) is 18.2. The molecule has 1 aliphatic rings. The lowest BCUT2D eigenvalue weighted by atomic mass is 10.0. The van der Waals surface area contributed by atoms with Crippen molar-refractivity contribution < 1.29 is 23.0 Å². The standard InChI is InChI=1S/C27H26F2N6O3/c1-3-17-5-4-6-18(11-17)21(13-30)33-25(36)19-9-10-35(15-19)24-16(2)14-31-26(34-24)32-20-7-8-22-23(12-20)38-27(28,29)37-22/h4-12,14-15,21H,3,13,30H2,1-2H3,(H,33,36)(H,31,32,34). The number of halogens is 2. The summed E-state index contributed by atoms with van der Waals surface area (Å²) in [6.07, 6.45) is 2.22. The summed E-state index contributed by atoms with van der Waals surface area (Å²) in [5, 5.41) is 5.98. The van der Waals surface area contributed by atoms with E-state index in [2.05, 4.69) is 37.0 Å². The molecule has 9 nitrogen and oxygen atoms in total. The molecule has 0 spiro atoms. The maximum atomic E-state index is 13.3. The molecule has 11 heteroatoms. The quantitative estimate of drug-likeness (QED) is 0.310. The molecule has 1 atom stereocenters. The average Bonchev–Trinajstić information content (AvgIpc) is 3.51. The maximum Gasteiger partial charge on any atom is 0.586 e. The monoisotopic (exact) mass is 520 g/mol. The summed E-state index contributed by atoms with van der Waals surface area (Å²) in [5.41, 5.74) is 9.73. The van der Waals surface area contributed by atoms with E-state index in [1.807, 2.05) is 31.2 Å². The fourth-order valence-electron chi connectivity index (χ4n) is 4.12. The Kier molecular flexibility index (Phi) is 6.68. The number of amides is 1. The Morgan fingerprint density at radius 3 is 2.76 bits per heavy atom. The van der Waals surface area contributed by atoms with E-state index >= 15 is 0 Å². The maximum absolute atomic E-state index is 13.3. The summed E-state index contributed by atoms with van der Waals surface area (Å²) in [6.45, 7) is 4.17. The van der Waals surface area contributed by atoms with Crippen LogP contribution in [0.25, 0.3) is 5.82 Å². The fourth-order valence-corrected chi connectivity index (χ4v) is 4.12. The van der Waals surface area contributed by atoms with Gasteiger partial charge in [0.2, 0.25) is 5.95 Å². The molecule has 0 radical (unpaired) electrons. The van der Waals surface area contributed by atoms with E-state index < -0.39 is 6.29 Å². The van der Waals surface area contributed by atoms with E-state index in [0.717, 1.165) is 17.5 Å². The lowest BCUT2D eigenvalue weighted by Gasteiger charge is -2.17. The van der Waals surface area contributed by atoms with Crippen LogP contribution in [0.15, 0.2) is 67.1 Å². The number of aryl methyl sites for hydroxylation is 2. The molecule has 0 bridgehead atoms. The molecule has 196 valence electrons. The first kappa shape index (κ1) is 25.2. The van der Waals surface area contributed by atoms with Gasteiger partial charge >= 0.3 is 6.29 Å². The largest absolute Gasteiger partial charge is 0.586 e. The average molecular weight is 521 g/mol. The topological polar surface area (TPSA) is 116 Å². The first-order valence-electron chi connectivity index (χ1n) is 12.0. The van der Waals surface area contributed by atoms with Crippen LogP contribution in [0.4, 0.5) is 20.4 Å². The van der Waals surface area contributed by atoms with Crippen molar-refractivity contribution in [2.45, 2.75) is 32.6 Å². The second-order valence-corrected chi connectivity index (χ2v) is 8.82. The van der Waals surface area contributed by atoms with Crippen molar-refractivity contribution in [1.82, 2.24) is 19.9 Å². The number of alkyl halides is 2. The molecule has 5 rings (SSSR count). The molecule has 38 heavy (non-hydrogen) atoms. The number of rotatable bonds is 8. The minimum Gasteiger partial charge on any atom is -0.395 e. The summed E-state index contributed by atoms with van der Waals surface area (Å²) >= 11 is 0. The molecule has 1 unspecified atom stereocenters. The van der Waals surface area contributed by atoms with Crippen molar-refractivity contribution in [3.63, 3.8) is 0 Å². The molecular weight excluding hydrogens is 494 g/mol. The van der Waals surface area contributed by atoms with Gasteiger partial charge in [-0.15, -0.1) is 8.78 Å². The lowest BCUT2D eigenvalue weighted by Crippen LogP contribution is -2.33. The number of anilines is 2. The van der Waals surface area contributed by atoms with Crippen molar-refractivity contribution in [2.75, 3.05) is 11.9 Å². The third-order valence-electron chi connectivity index (χ3n) is 6.10. The first-order valence-corrected chi connectivity index (χ1v) is 12.0. The third-order valence-corrected chi connectivity index (χ3v) is 6.10. The summed E-state index contributed by atoms with van der Waals surface area (Å²) in [5.74, 6) is 0.364. The van der Waals surface area contributed by atoms with E-state index in [0.29, 0.717) is 17.1 Å². The van der Waals surface area contributed by atoms with Gasteiger partial charge in [0.1, 0.15) is 5.82 Å². The zero-order valence-electron chi connectivity index (χ0n) is 20.7.